The Kier molecular flexibility index (Phi) is 5.15. The number of nitrogens with zero attached hydrogens (tertiary/aromatic N) is 2. The molecule has 3 aromatic rings. The molecule has 0 radical (unpaired) electrons. The van der Waals surface area contributed by atoms with E-state index < -0.39 is 52.0 Å². The van der Waals surface area contributed by atoms with E-state index in [0.29, 0.717) is 0 Å². The Morgan fingerprint density at radius 3 is 2.59 bits per heavy atom. The van der Waals surface area contributed by atoms with Gasteiger partial charge in [-0.15, -0.1) is 0 Å². The summed E-state index contributed by atoms with van der Waals surface area (Å²) in [5, 5.41) is 10.0. The van der Waals surface area contributed by atoms with E-state index in [1.165, 1.54) is 11.0 Å². The van der Waals surface area contributed by atoms with Crippen LogP contribution in [0.5, 0.6) is 5.75 Å². The number of primary amides is 1. The van der Waals surface area contributed by atoms with E-state index in [2.05, 4.69) is 9.71 Å². The van der Waals surface area contributed by atoms with E-state index in [-0.39, 0.29) is 40.5 Å². The Labute approximate surface area is 179 Å². The molecule has 4 rings (SSSR count). The number of amides is 1. The standard InChI is InChI=1S/C19H17F3N4O5S/c20-10-7-13(18(24-9-10)26-5-3-19(21,22)4-6-26)25-32(29,30)11-1-2-12-14(8-11)31-16(15(12)27)17(23)28/h1-2,7-9,25,27H,3-6H2,(H2,23,28). The number of piperidine rings is 1. The van der Waals surface area contributed by atoms with Gasteiger partial charge in [-0.2, -0.15) is 0 Å². The SMILES string of the molecule is NC(=O)c1oc2cc(S(=O)(=O)Nc3cc(F)cnc3N3CCC(F)(F)CC3)ccc2c1O. The molecule has 170 valence electrons. The Morgan fingerprint density at radius 1 is 1.25 bits per heavy atom. The molecule has 1 aromatic carbocycles. The smallest absolute Gasteiger partial charge is 0.288 e. The number of carbonyl (C=O) groups excluding carboxylic acids is 1. The molecule has 2 aromatic heterocycles. The predicted molar refractivity (Wildman–Crippen MR) is 108 cm³/mol. The lowest BCUT2D eigenvalue weighted by atomic mass is 10.1. The number of hydrogen-bond acceptors (Lipinski definition) is 7. The van der Waals surface area contributed by atoms with Crippen molar-refractivity contribution in [3.63, 3.8) is 0 Å². The van der Waals surface area contributed by atoms with Gasteiger partial charge in [-0.25, -0.2) is 26.6 Å². The normalized spacial score (nSPS) is 16.3. The third kappa shape index (κ3) is 4.02. The largest absolute Gasteiger partial charge is 0.504 e. The van der Waals surface area contributed by atoms with Crippen molar-refractivity contribution in [1.82, 2.24) is 4.98 Å². The summed E-state index contributed by atoms with van der Waals surface area (Å²) in [6.45, 7) is -0.179. The van der Waals surface area contributed by atoms with E-state index in [9.17, 15) is 31.5 Å². The molecule has 1 aliphatic rings. The van der Waals surface area contributed by atoms with Crippen molar-refractivity contribution in [1.29, 1.82) is 0 Å². The molecule has 4 N–H and O–H groups in total. The second-order valence-electron chi connectivity index (χ2n) is 7.28. The topological polar surface area (TPSA) is 139 Å². The zero-order chi connectivity index (χ0) is 23.3. The van der Waals surface area contributed by atoms with Crippen LogP contribution in [0.2, 0.25) is 0 Å². The average molecular weight is 470 g/mol. The van der Waals surface area contributed by atoms with Crippen molar-refractivity contribution < 1.29 is 35.9 Å². The first-order valence-electron chi connectivity index (χ1n) is 9.33. The number of aromatic nitrogens is 1. The molecule has 0 atom stereocenters. The molecular formula is C19H17F3N4O5S. The van der Waals surface area contributed by atoms with Gasteiger partial charge in [0.2, 0.25) is 5.76 Å². The highest BCUT2D eigenvalue weighted by Gasteiger charge is 2.35. The molecule has 0 saturated carbocycles. The third-order valence-electron chi connectivity index (χ3n) is 5.04. The van der Waals surface area contributed by atoms with Crippen LogP contribution in [-0.2, 0) is 10.0 Å². The van der Waals surface area contributed by atoms with Gasteiger partial charge < -0.3 is 20.2 Å². The van der Waals surface area contributed by atoms with Crippen LogP contribution in [-0.4, -0.2) is 43.4 Å². The van der Waals surface area contributed by atoms with Crippen LogP contribution < -0.4 is 15.4 Å². The number of aromatic hydroxyl groups is 1. The van der Waals surface area contributed by atoms with Crippen molar-refractivity contribution >= 4 is 38.4 Å². The highest BCUT2D eigenvalue weighted by molar-refractivity contribution is 7.92. The van der Waals surface area contributed by atoms with Crippen molar-refractivity contribution in [2.45, 2.75) is 23.7 Å². The average Bonchev–Trinajstić information content (AvgIpc) is 3.05. The Balaban J connectivity index is 1.68. The predicted octanol–water partition coefficient (Wildman–Crippen LogP) is 2.81. The molecular weight excluding hydrogens is 453 g/mol. The summed E-state index contributed by atoms with van der Waals surface area (Å²) >= 11 is 0. The summed E-state index contributed by atoms with van der Waals surface area (Å²) in [6.07, 6.45) is -0.0267. The minimum atomic E-state index is -4.32. The molecule has 9 nitrogen and oxygen atoms in total. The Morgan fingerprint density at radius 2 is 1.94 bits per heavy atom. The van der Waals surface area contributed by atoms with E-state index in [0.717, 1.165) is 24.4 Å². The number of furan rings is 1. The maximum absolute atomic E-state index is 13.8. The highest BCUT2D eigenvalue weighted by atomic mass is 32.2. The van der Waals surface area contributed by atoms with E-state index in [1.807, 2.05) is 0 Å². The van der Waals surface area contributed by atoms with Crippen LogP contribution in [0.3, 0.4) is 0 Å². The number of carbonyl (C=O) groups is 1. The van der Waals surface area contributed by atoms with Gasteiger partial charge >= 0.3 is 0 Å². The Bertz CT molecular complexity index is 1320. The van der Waals surface area contributed by atoms with E-state index in [4.69, 9.17) is 10.2 Å². The number of pyridine rings is 1. The molecule has 0 unspecified atom stereocenters. The number of anilines is 2. The van der Waals surface area contributed by atoms with Crippen molar-refractivity contribution in [3.05, 3.63) is 42.0 Å². The fourth-order valence-electron chi connectivity index (χ4n) is 3.41. The van der Waals surface area contributed by atoms with E-state index in [1.54, 1.807) is 0 Å². The van der Waals surface area contributed by atoms with Gasteiger partial charge in [0.05, 0.1) is 22.2 Å². The maximum atomic E-state index is 13.8. The summed E-state index contributed by atoms with van der Waals surface area (Å²) in [4.78, 5) is 16.3. The van der Waals surface area contributed by atoms with Crippen molar-refractivity contribution in [2.75, 3.05) is 22.7 Å². The number of sulfonamides is 1. The number of nitrogens with two attached hydrogens (primary N) is 1. The number of halogens is 3. The lowest BCUT2D eigenvalue weighted by molar-refractivity contribution is -0.0221. The van der Waals surface area contributed by atoms with Gasteiger partial charge in [0.25, 0.3) is 21.9 Å². The summed E-state index contributed by atoms with van der Waals surface area (Å²) < 4.78 is 74.0. The molecule has 0 bridgehead atoms. The van der Waals surface area contributed by atoms with Gasteiger partial charge in [-0.05, 0) is 12.1 Å². The monoisotopic (exact) mass is 470 g/mol. The van der Waals surface area contributed by atoms with Gasteiger partial charge in [0.1, 0.15) is 11.4 Å². The molecule has 0 aliphatic carbocycles. The van der Waals surface area contributed by atoms with Crippen molar-refractivity contribution in [2.24, 2.45) is 5.73 Å². The quantitative estimate of drug-likeness (QED) is 0.521. The maximum Gasteiger partial charge on any atom is 0.288 e. The molecule has 1 saturated heterocycles. The number of alkyl halides is 2. The molecule has 1 amide bonds. The lowest BCUT2D eigenvalue weighted by Crippen LogP contribution is -2.40. The molecule has 3 heterocycles. The summed E-state index contributed by atoms with van der Waals surface area (Å²) in [7, 11) is -4.32. The minimum Gasteiger partial charge on any atom is -0.504 e. The van der Waals surface area contributed by atoms with Gasteiger partial charge in [-0.1, -0.05) is 0 Å². The summed E-state index contributed by atoms with van der Waals surface area (Å²) in [6, 6.07) is 4.30. The molecule has 13 heteroatoms. The number of fused-ring (bicyclic) bond motifs is 1. The fourth-order valence-corrected chi connectivity index (χ4v) is 4.47. The number of benzene rings is 1. The van der Waals surface area contributed by atoms with Crippen LogP contribution >= 0.6 is 0 Å². The summed E-state index contributed by atoms with van der Waals surface area (Å²) in [5.74, 6) is -5.73. The second-order valence-corrected chi connectivity index (χ2v) is 8.96. The highest BCUT2D eigenvalue weighted by Crippen LogP contribution is 2.35. The zero-order valence-corrected chi connectivity index (χ0v) is 17.1. The van der Waals surface area contributed by atoms with E-state index >= 15 is 0 Å². The number of hydrogen-bond donors (Lipinski definition) is 3. The van der Waals surface area contributed by atoms with Crippen LogP contribution in [0.15, 0.2) is 39.8 Å². The lowest BCUT2D eigenvalue weighted by Gasteiger charge is -2.33. The fraction of sp³-hybridized carbons (Fsp3) is 0.263. The number of nitrogens with one attached hydrogen (secondary N) is 1. The van der Waals surface area contributed by atoms with Crippen LogP contribution in [0.4, 0.5) is 24.7 Å². The van der Waals surface area contributed by atoms with Crippen LogP contribution in [0, 0.1) is 5.82 Å². The molecule has 1 aliphatic heterocycles. The van der Waals surface area contributed by atoms with Gasteiger partial charge in [-0.3, -0.25) is 9.52 Å². The number of rotatable bonds is 5. The first-order chi connectivity index (χ1) is 15.0. The molecule has 0 spiro atoms. The first-order valence-corrected chi connectivity index (χ1v) is 10.8. The Hall–Kier alpha value is -3.48. The summed E-state index contributed by atoms with van der Waals surface area (Å²) in [5.41, 5.74) is 4.76. The molecule has 1 fully saturated rings. The van der Waals surface area contributed by atoms with Crippen molar-refractivity contribution in [3.8, 4) is 5.75 Å². The van der Waals surface area contributed by atoms with Gasteiger partial charge in [0.15, 0.2) is 11.6 Å². The minimum absolute atomic E-state index is 0.0122. The van der Waals surface area contributed by atoms with Crippen LogP contribution in [0.1, 0.15) is 23.4 Å². The van der Waals surface area contributed by atoms with Crippen LogP contribution in [0.25, 0.3) is 11.0 Å². The first kappa shape index (κ1) is 21.7. The third-order valence-corrected chi connectivity index (χ3v) is 6.40. The zero-order valence-electron chi connectivity index (χ0n) is 16.3. The second kappa shape index (κ2) is 7.58. The van der Waals surface area contributed by atoms with Gasteiger partial charge in [0, 0.05) is 38.1 Å². The molecule has 32 heavy (non-hydrogen) atoms.